The molecular formula is C17H19F3N8. The molecule has 1 saturated heterocycles. The summed E-state index contributed by atoms with van der Waals surface area (Å²) in [6, 6.07) is 3.17. The molecule has 1 fully saturated rings. The fourth-order valence-corrected chi connectivity index (χ4v) is 3.45. The first kappa shape index (κ1) is 18.4. The maximum Gasteiger partial charge on any atom is 0.453 e. The lowest BCUT2D eigenvalue weighted by molar-refractivity contribution is -0.146. The molecule has 0 N–H and O–H groups in total. The molecule has 0 atom stereocenters. The van der Waals surface area contributed by atoms with Crippen LogP contribution in [0.5, 0.6) is 0 Å². The van der Waals surface area contributed by atoms with Crippen molar-refractivity contribution in [3.05, 3.63) is 35.5 Å². The molecule has 3 aromatic rings. The Labute approximate surface area is 159 Å². The number of aryl methyl sites for hydroxylation is 1. The van der Waals surface area contributed by atoms with E-state index in [0.29, 0.717) is 32.0 Å². The van der Waals surface area contributed by atoms with Gasteiger partial charge in [0.2, 0.25) is 0 Å². The van der Waals surface area contributed by atoms with Gasteiger partial charge in [-0.05, 0) is 25.5 Å². The zero-order valence-corrected chi connectivity index (χ0v) is 15.5. The van der Waals surface area contributed by atoms with Gasteiger partial charge in [0, 0.05) is 37.4 Å². The summed E-state index contributed by atoms with van der Waals surface area (Å²) in [5.74, 6) is 0.273. The molecule has 1 aliphatic rings. The highest BCUT2D eigenvalue weighted by Crippen LogP contribution is 2.28. The van der Waals surface area contributed by atoms with Crippen LogP contribution in [-0.4, -0.2) is 56.0 Å². The van der Waals surface area contributed by atoms with Crippen molar-refractivity contribution >= 4 is 17.3 Å². The van der Waals surface area contributed by atoms with Crippen molar-refractivity contribution in [3.63, 3.8) is 0 Å². The van der Waals surface area contributed by atoms with E-state index in [2.05, 4.69) is 37.1 Å². The van der Waals surface area contributed by atoms with Crippen molar-refractivity contribution < 1.29 is 13.2 Å². The van der Waals surface area contributed by atoms with Gasteiger partial charge in [0.25, 0.3) is 5.82 Å². The quantitative estimate of drug-likeness (QED) is 0.676. The topological polar surface area (TPSA) is 75.3 Å². The van der Waals surface area contributed by atoms with Crippen LogP contribution in [0.3, 0.4) is 0 Å². The van der Waals surface area contributed by atoms with E-state index in [1.54, 1.807) is 12.4 Å². The monoisotopic (exact) mass is 392 g/mol. The van der Waals surface area contributed by atoms with Gasteiger partial charge in [0.05, 0.1) is 0 Å². The highest BCUT2D eigenvalue weighted by atomic mass is 19.4. The molecule has 0 unspecified atom stereocenters. The molecule has 0 amide bonds. The lowest BCUT2D eigenvalue weighted by Gasteiger charge is -2.36. The van der Waals surface area contributed by atoms with E-state index in [4.69, 9.17) is 0 Å². The largest absolute Gasteiger partial charge is 0.453 e. The lowest BCUT2D eigenvalue weighted by atomic mass is 10.1. The number of nitrogens with zero attached hydrogens (tertiary/aromatic N) is 8. The zero-order chi connectivity index (χ0) is 19.9. The van der Waals surface area contributed by atoms with Crippen LogP contribution in [0.15, 0.2) is 18.5 Å². The Balaban J connectivity index is 1.55. The fraction of sp³-hybridized carbons (Fsp3) is 0.471. The predicted molar refractivity (Wildman–Crippen MR) is 96.4 cm³/mol. The Morgan fingerprint density at radius 3 is 2.39 bits per heavy atom. The SMILES string of the molecule is CCc1c(C)ncnc1N1CCN(c2ccc3nnc(C(F)(F)F)n3n2)CC1. The van der Waals surface area contributed by atoms with Gasteiger partial charge >= 0.3 is 6.18 Å². The number of aromatic nitrogens is 6. The normalized spacial score (nSPS) is 15.5. The Kier molecular flexibility index (Phi) is 4.52. The minimum atomic E-state index is -4.61. The standard InChI is InChI=1S/C17H19F3N8/c1-3-12-11(2)21-10-22-15(12)27-8-6-26(7-9-27)14-5-4-13-23-24-16(17(18,19)20)28(13)25-14/h4-5,10H,3,6-9H2,1-2H3. The van der Waals surface area contributed by atoms with Crippen molar-refractivity contribution in [2.24, 2.45) is 0 Å². The van der Waals surface area contributed by atoms with E-state index in [1.807, 2.05) is 11.8 Å². The smallest absolute Gasteiger partial charge is 0.353 e. The highest BCUT2D eigenvalue weighted by Gasteiger charge is 2.38. The van der Waals surface area contributed by atoms with Crippen molar-refractivity contribution in [1.29, 1.82) is 0 Å². The van der Waals surface area contributed by atoms with Crippen molar-refractivity contribution in [1.82, 2.24) is 29.8 Å². The van der Waals surface area contributed by atoms with Crippen LogP contribution in [0.25, 0.3) is 5.65 Å². The molecule has 11 heteroatoms. The van der Waals surface area contributed by atoms with E-state index < -0.39 is 12.0 Å². The van der Waals surface area contributed by atoms with Crippen LogP contribution >= 0.6 is 0 Å². The zero-order valence-electron chi connectivity index (χ0n) is 15.5. The summed E-state index contributed by atoms with van der Waals surface area (Å²) in [5, 5.41) is 10.9. The second-order valence-corrected chi connectivity index (χ2v) is 6.57. The molecule has 0 spiro atoms. The Hall–Kier alpha value is -2.98. The van der Waals surface area contributed by atoms with Gasteiger partial charge in [-0.3, -0.25) is 0 Å². The highest BCUT2D eigenvalue weighted by molar-refractivity contribution is 5.52. The van der Waals surface area contributed by atoms with Gasteiger partial charge in [-0.25, -0.2) is 9.97 Å². The van der Waals surface area contributed by atoms with E-state index >= 15 is 0 Å². The average molecular weight is 392 g/mol. The van der Waals surface area contributed by atoms with Crippen LogP contribution in [0.2, 0.25) is 0 Å². The Morgan fingerprint density at radius 2 is 1.71 bits per heavy atom. The number of fused-ring (bicyclic) bond motifs is 1. The molecule has 4 heterocycles. The minimum absolute atomic E-state index is 0.0683. The average Bonchev–Trinajstić information content (AvgIpc) is 3.11. The third kappa shape index (κ3) is 3.20. The van der Waals surface area contributed by atoms with Gasteiger partial charge < -0.3 is 9.80 Å². The maximum absolute atomic E-state index is 13.1. The summed E-state index contributed by atoms with van der Waals surface area (Å²) in [4.78, 5) is 12.8. The molecule has 0 radical (unpaired) electrons. The summed E-state index contributed by atoms with van der Waals surface area (Å²) in [6.45, 7) is 6.66. The summed E-state index contributed by atoms with van der Waals surface area (Å²) >= 11 is 0. The number of anilines is 2. The first-order valence-electron chi connectivity index (χ1n) is 8.98. The van der Waals surface area contributed by atoms with Crippen LogP contribution in [0.1, 0.15) is 24.0 Å². The van der Waals surface area contributed by atoms with Crippen LogP contribution in [0.4, 0.5) is 24.8 Å². The number of hydrogen-bond acceptors (Lipinski definition) is 7. The molecule has 148 valence electrons. The third-order valence-electron chi connectivity index (χ3n) is 4.90. The number of alkyl halides is 3. The van der Waals surface area contributed by atoms with E-state index in [-0.39, 0.29) is 5.65 Å². The molecule has 3 aromatic heterocycles. The molecule has 8 nitrogen and oxygen atoms in total. The first-order chi connectivity index (χ1) is 13.4. The van der Waals surface area contributed by atoms with Crippen molar-refractivity contribution in [2.75, 3.05) is 36.0 Å². The summed E-state index contributed by atoms with van der Waals surface area (Å²) in [7, 11) is 0. The second-order valence-electron chi connectivity index (χ2n) is 6.57. The van der Waals surface area contributed by atoms with Crippen LogP contribution in [-0.2, 0) is 12.6 Å². The van der Waals surface area contributed by atoms with E-state index in [1.165, 1.54) is 6.07 Å². The third-order valence-corrected chi connectivity index (χ3v) is 4.90. The van der Waals surface area contributed by atoms with Gasteiger partial charge in [-0.2, -0.15) is 17.7 Å². The number of halogens is 3. The summed E-state index contributed by atoms with van der Waals surface area (Å²) in [6.07, 6.45) is -2.20. The van der Waals surface area contributed by atoms with Crippen LogP contribution < -0.4 is 9.80 Å². The van der Waals surface area contributed by atoms with Gasteiger partial charge in [-0.1, -0.05) is 6.92 Å². The molecule has 0 bridgehead atoms. The number of hydrogen-bond donors (Lipinski definition) is 0. The lowest BCUT2D eigenvalue weighted by Crippen LogP contribution is -2.47. The van der Waals surface area contributed by atoms with Crippen molar-refractivity contribution in [3.8, 4) is 0 Å². The van der Waals surface area contributed by atoms with E-state index in [0.717, 1.165) is 28.0 Å². The minimum Gasteiger partial charge on any atom is -0.353 e. The van der Waals surface area contributed by atoms with Gasteiger partial charge in [-0.15, -0.1) is 15.3 Å². The molecule has 0 aliphatic carbocycles. The number of rotatable bonds is 3. The van der Waals surface area contributed by atoms with E-state index in [9.17, 15) is 13.2 Å². The fourth-order valence-electron chi connectivity index (χ4n) is 3.45. The molecule has 28 heavy (non-hydrogen) atoms. The molecule has 1 aliphatic heterocycles. The van der Waals surface area contributed by atoms with Crippen LogP contribution in [0, 0.1) is 6.92 Å². The summed E-state index contributed by atoms with van der Waals surface area (Å²) in [5.41, 5.74) is 2.16. The van der Waals surface area contributed by atoms with Crippen molar-refractivity contribution in [2.45, 2.75) is 26.4 Å². The Bertz CT molecular complexity index is 992. The molecular weight excluding hydrogens is 373 g/mol. The number of piperazine rings is 1. The second kappa shape index (κ2) is 6.88. The van der Waals surface area contributed by atoms with Gasteiger partial charge in [0.1, 0.15) is 18.0 Å². The molecule has 0 aromatic carbocycles. The predicted octanol–water partition coefficient (Wildman–Crippen LogP) is 2.13. The Morgan fingerprint density at radius 1 is 1.00 bits per heavy atom. The maximum atomic E-state index is 13.1. The van der Waals surface area contributed by atoms with Gasteiger partial charge in [0.15, 0.2) is 5.65 Å². The summed E-state index contributed by atoms with van der Waals surface area (Å²) < 4.78 is 40.0. The molecule has 4 rings (SSSR count). The molecule has 0 saturated carbocycles. The first-order valence-corrected chi connectivity index (χ1v) is 8.98.